The van der Waals surface area contributed by atoms with E-state index in [2.05, 4.69) is 65.1 Å². The highest BCUT2D eigenvalue weighted by molar-refractivity contribution is 6.99. The Morgan fingerprint density at radius 1 is 0.879 bits per heavy atom. The standard InChI is InChI=1S/C23H30N6O3Si/c1-22(2,3)33(18-11-7-5-8-12-18,19-13-9-6-10-14-19)30-17-23(4)31-20(15-26-28-24)21(32-23)16-27-29-25/h5-14,20-21H,15-17H2,1-4H3/t20-,21-/m1/s1. The molecule has 0 spiro atoms. The van der Waals surface area contributed by atoms with E-state index in [9.17, 15) is 0 Å². The molecular formula is C23H30N6O3Si. The smallest absolute Gasteiger partial charge is 0.261 e. The van der Waals surface area contributed by atoms with Crippen molar-refractivity contribution in [3.8, 4) is 0 Å². The quantitative estimate of drug-likeness (QED) is 0.230. The van der Waals surface area contributed by atoms with Gasteiger partial charge in [0.2, 0.25) is 0 Å². The number of nitrogens with zero attached hydrogens (tertiary/aromatic N) is 6. The Morgan fingerprint density at radius 2 is 1.30 bits per heavy atom. The lowest BCUT2D eigenvalue weighted by molar-refractivity contribution is -0.180. The van der Waals surface area contributed by atoms with Gasteiger partial charge in [-0.3, -0.25) is 0 Å². The van der Waals surface area contributed by atoms with Gasteiger partial charge in [-0.05, 0) is 33.4 Å². The first kappa shape index (κ1) is 24.8. The lowest BCUT2D eigenvalue weighted by Gasteiger charge is -2.44. The summed E-state index contributed by atoms with van der Waals surface area (Å²) in [6, 6.07) is 20.6. The fraction of sp³-hybridized carbons (Fsp3) is 0.478. The van der Waals surface area contributed by atoms with Gasteiger partial charge in [0.15, 0.2) is 5.79 Å². The van der Waals surface area contributed by atoms with Crippen molar-refractivity contribution in [1.82, 2.24) is 0 Å². The summed E-state index contributed by atoms with van der Waals surface area (Å²) in [5.41, 5.74) is 17.5. The Bertz CT molecular complexity index is 950. The molecule has 1 fully saturated rings. The summed E-state index contributed by atoms with van der Waals surface area (Å²) in [4.78, 5) is 5.64. The third kappa shape index (κ3) is 5.39. The van der Waals surface area contributed by atoms with E-state index in [0.717, 1.165) is 10.4 Å². The Labute approximate surface area is 195 Å². The second-order valence-corrected chi connectivity index (χ2v) is 13.5. The van der Waals surface area contributed by atoms with Gasteiger partial charge < -0.3 is 13.9 Å². The molecule has 2 aromatic carbocycles. The van der Waals surface area contributed by atoms with Gasteiger partial charge >= 0.3 is 0 Å². The summed E-state index contributed by atoms with van der Waals surface area (Å²) < 4.78 is 19.3. The van der Waals surface area contributed by atoms with Crippen LogP contribution in [-0.2, 0) is 13.9 Å². The molecule has 2 aromatic rings. The Balaban J connectivity index is 1.97. The average Bonchev–Trinajstić information content (AvgIpc) is 3.13. The van der Waals surface area contributed by atoms with E-state index < -0.39 is 26.3 Å². The number of benzene rings is 2. The second-order valence-electron chi connectivity index (χ2n) is 9.23. The monoisotopic (exact) mass is 466 g/mol. The molecule has 1 saturated heterocycles. The molecule has 0 saturated carbocycles. The third-order valence-electron chi connectivity index (χ3n) is 5.83. The molecule has 3 rings (SSSR count). The minimum absolute atomic E-state index is 0.0803. The van der Waals surface area contributed by atoms with Crippen LogP contribution in [0.3, 0.4) is 0 Å². The first-order valence-electron chi connectivity index (χ1n) is 10.9. The van der Waals surface area contributed by atoms with Gasteiger partial charge in [0.1, 0.15) is 0 Å². The Hall–Kier alpha value is -2.84. The first-order chi connectivity index (χ1) is 15.8. The maximum atomic E-state index is 8.73. The summed E-state index contributed by atoms with van der Waals surface area (Å²) in [5.74, 6) is -1.08. The number of azide groups is 2. The molecule has 2 atom stereocenters. The molecule has 1 aliphatic heterocycles. The molecule has 0 aromatic heterocycles. The SMILES string of the molecule is CC1(CO[Si](c2ccccc2)(c2ccccc2)C(C)(C)C)O[C@H](CN=[N+]=[N-])[C@@H](CN=[N+]=[N-])O1. The van der Waals surface area contributed by atoms with Crippen LogP contribution in [0.1, 0.15) is 27.7 Å². The normalized spacial score (nSPS) is 22.9. The van der Waals surface area contributed by atoms with E-state index >= 15 is 0 Å². The van der Waals surface area contributed by atoms with E-state index in [1.165, 1.54) is 0 Å². The molecule has 1 aliphatic rings. The van der Waals surface area contributed by atoms with Crippen LogP contribution in [0.25, 0.3) is 20.9 Å². The van der Waals surface area contributed by atoms with E-state index in [1.807, 2.05) is 43.3 Å². The molecule has 0 N–H and O–H groups in total. The minimum Gasteiger partial charge on any atom is -0.402 e. The minimum atomic E-state index is -2.78. The van der Waals surface area contributed by atoms with Crippen molar-refractivity contribution in [3.63, 3.8) is 0 Å². The largest absolute Gasteiger partial charge is 0.402 e. The van der Waals surface area contributed by atoms with Crippen molar-refractivity contribution in [2.45, 2.75) is 50.7 Å². The van der Waals surface area contributed by atoms with Crippen LogP contribution in [-0.4, -0.2) is 46.0 Å². The van der Waals surface area contributed by atoms with Crippen molar-refractivity contribution in [3.05, 3.63) is 81.5 Å². The molecule has 0 aliphatic carbocycles. The fourth-order valence-corrected chi connectivity index (χ4v) is 9.07. The summed E-state index contributed by atoms with van der Waals surface area (Å²) >= 11 is 0. The molecule has 0 unspecified atom stereocenters. The summed E-state index contributed by atoms with van der Waals surface area (Å²) in [5, 5.41) is 9.37. The summed E-state index contributed by atoms with van der Waals surface area (Å²) in [6.45, 7) is 8.74. The van der Waals surface area contributed by atoms with Gasteiger partial charge in [0.25, 0.3) is 8.32 Å². The Morgan fingerprint density at radius 3 is 1.67 bits per heavy atom. The first-order valence-corrected chi connectivity index (χ1v) is 12.8. The van der Waals surface area contributed by atoms with Crippen molar-refractivity contribution in [2.75, 3.05) is 19.7 Å². The number of hydrogen-bond acceptors (Lipinski definition) is 5. The molecule has 0 radical (unpaired) electrons. The van der Waals surface area contributed by atoms with Gasteiger partial charge in [-0.15, -0.1) is 0 Å². The van der Waals surface area contributed by atoms with Crippen LogP contribution >= 0.6 is 0 Å². The van der Waals surface area contributed by atoms with Gasteiger partial charge in [0, 0.05) is 9.82 Å². The van der Waals surface area contributed by atoms with Crippen LogP contribution in [0.15, 0.2) is 70.9 Å². The zero-order valence-corrected chi connectivity index (χ0v) is 20.5. The Kier molecular flexibility index (Phi) is 7.81. The highest BCUT2D eigenvalue weighted by Gasteiger charge is 2.53. The maximum Gasteiger partial charge on any atom is 0.261 e. The van der Waals surface area contributed by atoms with Gasteiger partial charge in [-0.25, -0.2) is 0 Å². The molecule has 9 nitrogen and oxygen atoms in total. The summed E-state index contributed by atoms with van der Waals surface area (Å²) in [7, 11) is -2.78. The summed E-state index contributed by atoms with van der Waals surface area (Å²) in [6.07, 6.45) is -1.06. The molecule has 0 amide bonds. The van der Waals surface area contributed by atoms with Gasteiger partial charge in [-0.2, -0.15) is 0 Å². The second kappa shape index (κ2) is 10.4. The highest BCUT2D eigenvalue weighted by atomic mass is 28.4. The molecular weight excluding hydrogens is 436 g/mol. The maximum absolute atomic E-state index is 8.73. The topological polar surface area (TPSA) is 125 Å². The zero-order chi connectivity index (χ0) is 24.0. The van der Waals surface area contributed by atoms with Crippen molar-refractivity contribution in [2.24, 2.45) is 10.2 Å². The van der Waals surface area contributed by atoms with Gasteiger partial charge in [-0.1, -0.05) is 91.7 Å². The van der Waals surface area contributed by atoms with E-state index in [-0.39, 0.29) is 24.7 Å². The van der Waals surface area contributed by atoms with E-state index in [0.29, 0.717) is 0 Å². The number of hydrogen-bond donors (Lipinski definition) is 0. The van der Waals surface area contributed by atoms with Crippen LogP contribution in [0.5, 0.6) is 0 Å². The van der Waals surface area contributed by atoms with Crippen LogP contribution in [0.4, 0.5) is 0 Å². The number of ether oxygens (including phenoxy) is 2. The van der Waals surface area contributed by atoms with Gasteiger partial charge in [0.05, 0.1) is 31.9 Å². The lowest BCUT2D eigenvalue weighted by atomic mass is 10.2. The van der Waals surface area contributed by atoms with E-state index in [1.54, 1.807) is 0 Å². The predicted octanol–water partition coefficient (Wildman–Crippen LogP) is 4.68. The zero-order valence-electron chi connectivity index (χ0n) is 19.5. The van der Waals surface area contributed by atoms with Crippen molar-refractivity contribution < 1.29 is 13.9 Å². The highest BCUT2D eigenvalue weighted by Crippen LogP contribution is 2.39. The molecule has 10 heteroatoms. The van der Waals surface area contributed by atoms with Crippen LogP contribution in [0, 0.1) is 0 Å². The predicted molar refractivity (Wildman–Crippen MR) is 130 cm³/mol. The van der Waals surface area contributed by atoms with Crippen molar-refractivity contribution in [1.29, 1.82) is 0 Å². The average molecular weight is 467 g/mol. The molecule has 1 heterocycles. The van der Waals surface area contributed by atoms with E-state index in [4.69, 9.17) is 25.0 Å². The number of rotatable bonds is 9. The van der Waals surface area contributed by atoms with Crippen molar-refractivity contribution >= 4 is 18.7 Å². The fourth-order valence-electron chi connectivity index (χ4n) is 4.43. The lowest BCUT2D eigenvalue weighted by Crippen LogP contribution is -2.67. The van der Waals surface area contributed by atoms with Crippen LogP contribution in [0.2, 0.25) is 5.04 Å². The van der Waals surface area contributed by atoms with Crippen LogP contribution < -0.4 is 10.4 Å². The third-order valence-corrected chi connectivity index (χ3v) is 10.8. The molecule has 33 heavy (non-hydrogen) atoms. The molecule has 0 bridgehead atoms. The molecule has 174 valence electrons.